The van der Waals surface area contributed by atoms with Crippen molar-refractivity contribution in [1.82, 2.24) is 0 Å². The van der Waals surface area contributed by atoms with Gasteiger partial charge in [0.15, 0.2) is 0 Å². The van der Waals surface area contributed by atoms with Gasteiger partial charge in [-0.15, -0.1) is 0 Å². The third kappa shape index (κ3) is 2.24. The van der Waals surface area contributed by atoms with E-state index in [1.54, 1.807) is 19.1 Å². The van der Waals surface area contributed by atoms with Gasteiger partial charge in [0, 0.05) is 5.39 Å². The second kappa shape index (κ2) is 4.04. The summed E-state index contributed by atoms with van der Waals surface area (Å²) in [6.07, 6.45) is -4.31. The van der Waals surface area contributed by atoms with Gasteiger partial charge in [-0.25, -0.2) is 0 Å². The lowest BCUT2D eigenvalue weighted by Crippen LogP contribution is -2.34. The van der Waals surface area contributed by atoms with Crippen LogP contribution in [0, 0.1) is 12.3 Å². The minimum Gasteiger partial charge on any atom is -0.461 e. The average molecular weight is 256 g/mol. The summed E-state index contributed by atoms with van der Waals surface area (Å²) in [6, 6.07) is 7.13. The summed E-state index contributed by atoms with van der Waals surface area (Å²) in [7, 11) is 0. The van der Waals surface area contributed by atoms with Gasteiger partial charge in [0.2, 0.25) is 0 Å². The molecule has 1 aromatic heterocycles. The third-order valence-corrected chi connectivity index (χ3v) is 3.15. The van der Waals surface area contributed by atoms with Crippen molar-refractivity contribution in [1.29, 1.82) is 0 Å². The molecule has 0 N–H and O–H groups in total. The Labute approximate surface area is 104 Å². The topological polar surface area (TPSA) is 13.1 Å². The maximum absolute atomic E-state index is 12.9. The summed E-state index contributed by atoms with van der Waals surface area (Å²) in [5.74, 6) is 0.710. The summed E-state index contributed by atoms with van der Waals surface area (Å²) in [5, 5.41) is 0.850. The van der Waals surface area contributed by atoms with E-state index < -0.39 is 11.6 Å². The number of hydrogen-bond acceptors (Lipinski definition) is 1. The van der Waals surface area contributed by atoms with E-state index in [0.29, 0.717) is 16.9 Å². The van der Waals surface area contributed by atoms with Gasteiger partial charge >= 0.3 is 6.18 Å². The molecule has 2 aromatic rings. The number of rotatable bonds is 2. The van der Waals surface area contributed by atoms with Gasteiger partial charge in [-0.2, -0.15) is 13.2 Å². The van der Waals surface area contributed by atoms with E-state index in [2.05, 4.69) is 0 Å². The monoisotopic (exact) mass is 256 g/mol. The SMILES string of the molecule is Cc1cc2cccc(CC(C)(C)C(F)(F)F)c2o1. The van der Waals surface area contributed by atoms with Crippen LogP contribution in [-0.4, -0.2) is 6.18 Å². The molecule has 98 valence electrons. The van der Waals surface area contributed by atoms with Gasteiger partial charge < -0.3 is 4.42 Å². The maximum atomic E-state index is 12.9. The summed E-state index contributed by atoms with van der Waals surface area (Å²) >= 11 is 0. The molecule has 0 aliphatic heterocycles. The standard InChI is InChI=1S/C14H15F3O/c1-9-7-10-5-4-6-11(12(10)18-9)8-13(2,3)14(15,16)17/h4-7H,8H2,1-3H3. The molecule has 18 heavy (non-hydrogen) atoms. The van der Waals surface area contributed by atoms with Gasteiger partial charge in [0.25, 0.3) is 0 Å². The lowest BCUT2D eigenvalue weighted by molar-refractivity contribution is -0.210. The number of alkyl halides is 3. The molecule has 4 heteroatoms. The number of fused-ring (bicyclic) bond motifs is 1. The van der Waals surface area contributed by atoms with E-state index in [1.807, 2.05) is 12.1 Å². The fourth-order valence-corrected chi connectivity index (χ4v) is 1.97. The van der Waals surface area contributed by atoms with Crippen molar-refractivity contribution in [2.75, 3.05) is 0 Å². The molecule has 0 radical (unpaired) electrons. The highest BCUT2D eigenvalue weighted by molar-refractivity contribution is 5.81. The Kier molecular flexibility index (Phi) is 2.92. The van der Waals surface area contributed by atoms with Gasteiger partial charge in [0.05, 0.1) is 5.41 Å². The molecule has 0 saturated heterocycles. The van der Waals surface area contributed by atoms with Crippen LogP contribution in [0.1, 0.15) is 25.2 Å². The lowest BCUT2D eigenvalue weighted by Gasteiger charge is -2.27. The van der Waals surface area contributed by atoms with Crippen molar-refractivity contribution in [3.05, 3.63) is 35.6 Å². The minimum absolute atomic E-state index is 0.0825. The van der Waals surface area contributed by atoms with Crippen LogP contribution in [-0.2, 0) is 6.42 Å². The summed E-state index contributed by atoms with van der Waals surface area (Å²) in [4.78, 5) is 0. The average Bonchev–Trinajstić information content (AvgIpc) is 2.57. The lowest BCUT2D eigenvalue weighted by atomic mass is 9.84. The second-order valence-corrected chi connectivity index (χ2v) is 5.25. The maximum Gasteiger partial charge on any atom is 0.394 e. The molecule has 1 aromatic carbocycles. The van der Waals surface area contributed by atoms with Crippen molar-refractivity contribution >= 4 is 11.0 Å². The van der Waals surface area contributed by atoms with E-state index in [-0.39, 0.29) is 6.42 Å². The molecule has 2 rings (SSSR count). The van der Waals surface area contributed by atoms with Crippen molar-refractivity contribution in [2.45, 2.75) is 33.4 Å². The fraction of sp³-hybridized carbons (Fsp3) is 0.429. The Hall–Kier alpha value is -1.45. The van der Waals surface area contributed by atoms with Gasteiger partial charge in [-0.05, 0) is 25.0 Å². The Morgan fingerprint density at radius 2 is 1.83 bits per heavy atom. The summed E-state index contributed by atoms with van der Waals surface area (Å²) < 4.78 is 44.2. The smallest absolute Gasteiger partial charge is 0.394 e. The highest BCUT2D eigenvalue weighted by Gasteiger charge is 2.47. The third-order valence-electron chi connectivity index (χ3n) is 3.15. The zero-order valence-electron chi connectivity index (χ0n) is 10.6. The van der Waals surface area contributed by atoms with E-state index in [4.69, 9.17) is 4.42 Å². The van der Waals surface area contributed by atoms with Gasteiger partial charge in [-0.3, -0.25) is 0 Å². The number of benzene rings is 1. The van der Waals surface area contributed by atoms with Gasteiger partial charge in [-0.1, -0.05) is 32.0 Å². The number of halogens is 3. The molecule has 0 atom stereocenters. The van der Waals surface area contributed by atoms with Crippen molar-refractivity contribution in [3.8, 4) is 0 Å². The molecular weight excluding hydrogens is 241 g/mol. The molecule has 1 heterocycles. The fourth-order valence-electron chi connectivity index (χ4n) is 1.97. The van der Waals surface area contributed by atoms with E-state index in [1.165, 1.54) is 13.8 Å². The first kappa shape index (κ1) is 13.0. The molecule has 0 unspecified atom stereocenters. The largest absolute Gasteiger partial charge is 0.461 e. The Bertz CT molecular complexity index is 564. The van der Waals surface area contributed by atoms with E-state index in [0.717, 1.165) is 5.39 Å². The quantitative estimate of drug-likeness (QED) is 0.747. The van der Waals surface area contributed by atoms with Gasteiger partial charge in [0.1, 0.15) is 11.3 Å². The Balaban J connectivity index is 2.44. The first-order valence-corrected chi connectivity index (χ1v) is 5.75. The number of hydrogen-bond donors (Lipinski definition) is 0. The molecule has 0 fully saturated rings. The van der Waals surface area contributed by atoms with Crippen LogP contribution in [0.3, 0.4) is 0 Å². The minimum atomic E-state index is -4.23. The molecule has 1 nitrogen and oxygen atoms in total. The first-order valence-electron chi connectivity index (χ1n) is 5.75. The predicted molar refractivity (Wildman–Crippen MR) is 64.5 cm³/mol. The molecule has 0 aliphatic carbocycles. The highest BCUT2D eigenvalue weighted by Crippen LogP contribution is 2.41. The van der Waals surface area contributed by atoms with E-state index in [9.17, 15) is 13.2 Å². The summed E-state index contributed by atoms with van der Waals surface area (Å²) in [6.45, 7) is 4.21. The highest BCUT2D eigenvalue weighted by atomic mass is 19.4. The number of para-hydroxylation sites is 1. The molecule has 0 saturated carbocycles. The molecule has 0 bridgehead atoms. The number of furan rings is 1. The van der Waals surface area contributed by atoms with Crippen molar-refractivity contribution < 1.29 is 17.6 Å². The van der Waals surface area contributed by atoms with Crippen LogP contribution < -0.4 is 0 Å². The molecule has 0 aliphatic rings. The van der Waals surface area contributed by atoms with Crippen LogP contribution in [0.4, 0.5) is 13.2 Å². The molecule has 0 amide bonds. The van der Waals surface area contributed by atoms with Crippen molar-refractivity contribution in [3.63, 3.8) is 0 Å². The zero-order valence-corrected chi connectivity index (χ0v) is 10.6. The van der Waals surface area contributed by atoms with Crippen LogP contribution in [0.25, 0.3) is 11.0 Å². The van der Waals surface area contributed by atoms with Crippen LogP contribution in [0.2, 0.25) is 0 Å². The first-order chi connectivity index (χ1) is 8.21. The second-order valence-electron chi connectivity index (χ2n) is 5.25. The number of aryl methyl sites for hydroxylation is 1. The summed E-state index contributed by atoms with van der Waals surface area (Å²) in [5.41, 5.74) is -0.600. The normalized spacial score (nSPS) is 13.2. The predicted octanol–water partition coefficient (Wildman–Crippen LogP) is 4.87. The zero-order chi connectivity index (χ0) is 13.6. The Morgan fingerprint density at radius 1 is 1.17 bits per heavy atom. The van der Waals surface area contributed by atoms with Crippen LogP contribution in [0.5, 0.6) is 0 Å². The van der Waals surface area contributed by atoms with Crippen LogP contribution in [0.15, 0.2) is 28.7 Å². The van der Waals surface area contributed by atoms with Crippen LogP contribution >= 0.6 is 0 Å². The van der Waals surface area contributed by atoms with E-state index >= 15 is 0 Å². The Morgan fingerprint density at radius 3 is 2.44 bits per heavy atom. The molecular formula is C14H15F3O. The molecule has 0 spiro atoms. The van der Waals surface area contributed by atoms with Crippen molar-refractivity contribution in [2.24, 2.45) is 5.41 Å².